The Bertz CT molecular complexity index is 1150. The average Bonchev–Trinajstić information content (AvgIpc) is 3.26. The lowest BCUT2D eigenvalue weighted by Crippen LogP contribution is -2.29. The van der Waals surface area contributed by atoms with Crippen molar-refractivity contribution in [1.29, 1.82) is 0 Å². The Morgan fingerprint density at radius 3 is 2.34 bits per heavy atom. The van der Waals surface area contributed by atoms with Gasteiger partial charge >= 0.3 is 0 Å². The summed E-state index contributed by atoms with van der Waals surface area (Å²) in [6.45, 7) is 2.90. The first kappa shape index (κ1) is 21.6. The second-order valence-corrected chi connectivity index (χ2v) is 8.09. The molecule has 0 radical (unpaired) electrons. The molecule has 0 saturated carbocycles. The van der Waals surface area contributed by atoms with Crippen LogP contribution in [0.2, 0.25) is 0 Å². The number of carbonyl (C=O) groups excluding carboxylic acids is 1. The molecule has 7 heteroatoms. The molecule has 0 aliphatic heterocycles. The number of nitrogens with zero attached hydrogens (tertiary/aromatic N) is 3. The molecule has 0 saturated heterocycles. The van der Waals surface area contributed by atoms with E-state index >= 15 is 0 Å². The summed E-state index contributed by atoms with van der Waals surface area (Å²) in [5.41, 5.74) is 3.10. The number of aryl methyl sites for hydroxylation is 1. The van der Waals surface area contributed by atoms with Crippen molar-refractivity contribution < 1.29 is 9.53 Å². The van der Waals surface area contributed by atoms with Gasteiger partial charge in [-0.25, -0.2) is 0 Å². The van der Waals surface area contributed by atoms with E-state index in [2.05, 4.69) is 34.6 Å². The number of para-hydroxylation sites is 1. The van der Waals surface area contributed by atoms with Gasteiger partial charge in [-0.2, -0.15) is 0 Å². The SMILES string of the molecule is Cc1ccc(-n2c(SCC(=O)NCCOc3ccccc3)nnc2-c2ccccc2)cc1. The number of thioether (sulfide) groups is 1. The van der Waals surface area contributed by atoms with Gasteiger partial charge in [0, 0.05) is 11.3 Å². The Balaban J connectivity index is 1.41. The molecule has 0 fully saturated rings. The highest BCUT2D eigenvalue weighted by atomic mass is 32.2. The molecular weight excluding hydrogens is 420 g/mol. The molecule has 32 heavy (non-hydrogen) atoms. The summed E-state index contributed by atoms with van der Waals surface area (Å²) in [5.74, 6) is 1.69. The second kappa shape index (κ2) is 10.6. The first-order valence-electron chi connectivity index (χ1n) is 10.4. The van der Waals surface area contributed by atoms with Crippen molar-refractivity contribution in [3.63, 3.8) is 0 Å². The summed E-state index contributed by atoms with van der Waals surface area (Å²) < 4.78 is 7.60. The standard InChI is InChI=1S/C25H24N4O2S/c1-19-12-14-21(15-13-19)29-24(20-8-4-2-5-9-20)27-28-25(29)32-18-23(30)26-16-17-31-22-10-6-3-7-11-22/h2-15H,16-18H2,1H3,(H,26,30). The molecule has 3 aromatic carbocycles. The third-order valence-corrected chi connectivity index (χ3v) is 5.65. The van der Waals surface area contributed by atoms with E-state index in [4.69, 9.17) is 4.74 Å². The van der Waals surface area contributed by atoms with Crippen LogP contribution in [0, 0.1) is 6.92 Å². The first-order valence-corrected chi connectivity index (χ1v) is 11.3. The summed E-state index contributed by atoms with van der Waals surface area (Å²) in [4.78, 5) is 12.4. The normalized spacial score (nSPS) is 10.7. The van der Waals surface area contributed by atoms with Gasteiger partial charge in [0.1, 0.15) is 12.4 Å². The van der Waals surface area contributed by atoms with Gasteiger partial charge in [-0.1, -0.05) is 78.0 Å². The highest BCUT2D eigenvalue weighted by Gasteiger charge is 2.17. The maximum atomic E-state index is 12.4. The molecule has 0 aliphatic rings. The van der Waals surface area contributed by atoms with Crippen molar-refractivity contribution in [3.8, 4) is 22.8 Å². The molecule has 4 rings (SSSR count). The summed E-state index contributed by atoms with van der Waals surface area (Å²) in [5, 5.41) is 12.3. The molecule has 6 nitrogen and oxygen atoms in total. The molecule has 0 bridgehead atoms. The molecule has 1 amide bonds. The molecule has 0 atom stereocenters. The average molecular weight is 445 g/mol. The summed E-state index contributed by atoms with van der Waals surface area (Å²) in [6, 6.07) is 27.6. The van der Waals surface area contributed by atoms with Crippen LogP contribution in [0.1, 0.15) is 5.56 Å². The first-order chi connectivity index (χ1) is 15.7. The molecule has 1 N–H and O–H groups in total. The van der Waals surface area contributed by atoms with Crippen LogP contribution in [-0.4, -0.2) is 39.6 Å². The fourth-order valence-electron chi connectivity index (χ4n) is 3.12. The van der Waals surface area contributed by atoms with Crippen molar-refractivity contribution in [1.82, 2.24) is 20.1 Å². The zero-order valence-corrected chi connectivity index (χ0v) is 18.6. The fourth-order valence-corrected chi connectivity index (χ4v) is 3.90. The van der Waals surface area contributed by atoms with Crippen LogP contribution < -0.4 is 10.1 Å². The van der Waals surface area contributed by atoms with Gasteiger partial charge in [-0.05, 0) is 31.2 Å². The number of carbonyl (C=O) groups is 1. The Morgan fingerprint density at radius 2 is 1.62 bits per heavy atom. The van der Waals surface area contributed by atoms with Gasteiger partial charge in [-0.3, -0.25) is 9.36 Å². The van der Waals surface area contributed by atoms with Gasteiger partial charge < -0.3 is 10.1 Å². The molecule has 162 valence electrons. The van der Waals surface area contributed by atoms with Crippen LogP contribution in [0.5, 0.6) is 5.75 Å². The number of hydrogen-bond acceptors (Lipinski definition) is 5. The smallest absolute Gasteiger partial charge is 0.230 e. The number of nitrogens with one attached hydrogen (secondary N) is 1. The van der Waals surface area contributed by atoms with Crippen molar-refractivity contribution in [2.45, 2.75) is 12.1 Å². The molecule has 0 aliphatic carbocycles. The lowest BCUT2D eigenvalue weighted by molar-refractivity contribution is -0.118. The van der Waals surface area contributed by atoms with E-state index in [9.17, 15) is 4.79 Å². The van der Waals surface area contributed by atoms with E-state index in [0.29, 0.717) is 18.3 Å². The third-order valence-electron chi connectivity index (χ3n) is 4.73. The number of amides is 1. The summed E-state index contributed by atoms with van der Waals surface area (Å²) in [6.07, 6.45) is 0. The highest BCUT2D eigenvalue weighted by Crippen LogP contribution is 2.28. The van der Waals surface area contributed by atoms with E-state index in [1.807, 2.05) is 77.4 Å². The van der Waals surface area contributed by atoms with Crippen LogP contribution in [0.3, 0.4) is 0 Å². The lowest BCUT2D eigenvalue weighted by atomic mass is 10.2. The molecule has 0 spiro atoms. The molecule has 1 heterocycles. The summed E-state index contributed by atoms with van der Waals surface area (Å²) in [7, 11) is 0. The van der Waals surface area contributed by atoms with Crippen molar-refractivity contribution in [2.24, 2.45) is 0 Å². The number of hydrogen-bond donors (Lipinski definition) is 1. The third kappa shape index (κ3) is 5.56. The minimum atomic E-state index is -0.0774. The van der Waals surface area contributed by atoms with E-state index in [1.54, 1.807) is 0 Å². The second-order valence-electron chi connectivity index (χ2n) is 7.14. The molecule has 4 aromatic rings. The van der Waals surface area contributed by atoms with Crippen molar-refractivity contribution in [2.75, 3.05) is 18.9 Å². The van der Waals surface area contributed by atoms with Gasteiger partial charge in [0.25, 0.3) is 0 Å². The van der Waals surface area contributed by atoms with Gasteiger partial charge in [0.2, 0.25) is 5.91 Å². The summed E-state index contributed by atoms with van der Waals surface area (Å²) >= 11 is 1.36. The zero-order chi connectivity index (χ0) is 22.2. The maximum Gasteiger partial charge on any atom is 0.230 e. The van der Waals surface area contributed by atoms with Crippen molar-refractivity contribution >= 4 is 17.7 Å². The Morgan fingerprint density at radius 1 is 0.938 bits per heavy atom. The molecule has 1 aromatic heterocycles. The Hall–Kier alpha value is -3.58. The topological polar surface area (TPSA) is 69.0 Å². The Labute approximate surface area is 191 Å². The maximum absolute atomic E-state index is 12.4. The fraction of sp³-hybridized carbons (Fsp3) is 0.160. The predicted octanol–water partition coefficient (Wildman–Crippen LogP) is 4.53. The van der Waals surface area contributed by atoms with Crippen molar-refractivity contribution in [3.05, 3.63) is 90.5 Å². The van der Waals surface area contributed by atoms with E-state index < -0.39 is 0 Å². The Kier molecular flexibility index (Phi) is 7.19. The van der Waals surface area contributed by atoms with Crippen LogP contribution in [0.4, 0.5) is 0 Å². The largest absolute Gasteiger partial charge is 0.492 e. The number of benzene rings is 3. The number of aromatic nitrogens is 3. The van der Waals surface area contributed by atoms with Crippen LogP contribution in [0.25, 0.3) is 17.1 Å². The van der Waals surface area contributed by atoms with Gasteiger partial charge in [0.15, 0.2) is 11.0 Å². The number of ether oxygens (including phenoxy) is 1. The van der Waals surface area contributed by atoms with Crippen LogP contribution in [0.15, 0.2) is 90.1 Å². The van der Waals surface area contributed by atoms with Gasteiger partial charge in [0.05, 0.1) is 12.3 Å². The minimum Gasteiger partial charge on any atom is -0.492 e. The molecule has 0 unspecified atom stereocenters. The van der Waals surface area contributed by atoms with E-state index in [0.717, 1.165) is 22.8 Å². The monoisotopic (exact) mass is 444 g/mol. The zero-order valence-electron chi connectivity index (χ0n) is 17.8. The predicted molar refractivity (Wildman–Crippen MR) is 127 cm³/mol. The van der Waals surface area contributed by atoms with Crippen LogP contribution >= 0.6 is 11.8 Å². The minimum absolute atomic E-state index is 0.0774. The van der Waals surface area contributed by atoms with Gasteiger partial charge in [-0.15, -0.1) is 10.2 Å². The van der Waals surface area contributed by atoms with Crippen LogP contribution in [-0.2, 0) is 4.79 Å². The van der Waals surface area contributed by atoms with E-state index in [1.165, 1.54) is 17.3 Å². The van der Waals surface area contributed by atoms with E-state index in [-0.39, 0.29) is 11.7 Å². The quantitative estimate of drug-likeness (QED) is 0.303. The molecular formula is C25H24N4O2S. The highest BCUT2D eigenvalue weighted by molar-refractivity contribution is 7.99. The number of rotatable bonds is 9. The lowest BCUT2D eigenvalue weighted by Gasteiger charge is -2.11.